The summed E-state index contributed by atoms with van der Waals surface area (Å²) in [4.78, 5) is 44.7. The number of hydrogen-bond donors (Lipinski definition) is 0. The zero-order valence-electron chi connectivity index (χ0n) is 18.0. The van der Waals surface area contributed by atoms with Crippen LogP contribution in [0, 0.1) is 5.92 Å². The number of benzene rings is 1. The molecule has 3 aliphatic rings. The Morgan fingerprint density at radius 3 is 2.43 bits per heavy atom. The molecule has 3 fully saturated rings. The molecule has 1 aromatic carbocycles. The zero-order chi connectivity index (χ0) is 21.1. The molecule has 6 heteroatoms. The first-order chi connectivity index (χ1) is 14.5. The van der Waals surface area contributed by atoms with E-state index in [1.165, 1.54) is 0 Å². The lowest BCUT2D eigenvalue weighted by molar-refractivity contribution is -0.147. The third kappa shape index (κ3) is 4.37. The van der Waals surface area contributed by atoms with E-state index in [1.54, 1.807) is 0 Å². The molecule has 1 aromatic rings. The highest BCUT2D eigenvalue weighted by Gasteiger charge is 2.43. The maximum Gasteiger partial charge on any atom is 0.245 e. The summed E-state index contributed by atoms with van der Waals surface area (Å²) in [6.07, 6.45) is 5.53. The van der Waals surface area contributed by atoms with E-state index in [0.717, 1.165) is 50.8 Å². The molecule has 0 unspecified atom stereocenters. The summed E-state index contributed by atoms with van der Waals surface area (Å²) in [5.41, 5.74) is 1.16. The molecule has 0 radical (unpaired) electrons. The third-order valence-corrected chi connectivity index (χ3v) is 6.94. The van der Waals surface area contributed by atoms with E-state index in [9.17, 15) is 14.4 Å². The van der Waals surface area contributed by atoms with Gasteiger partial charge in [-0.05, 0) is 44.1 Å². The van der Waals surface area contributed by atoms with Crippen LogP contribution in [0.2, 0.25) is 0 Å². The molecule has 3 heterocycles. The van der Waals surface area contributed by atoms with Crippen LogP contribution in [-0.4, -0.2) is 70.7 Å². The zero-order valence-corrected chi connectivity index (χ0v) is 18.0. The molecule has 0 saturated carbocycles. The largest absolute Gasteiger partial charge is 0.342 e. The lowest BCUT2D eigenvalue weighted by Crippen LogP contribution is -2.52. The normalized spacial score (nSPS) is 25.6. The molecular formula is C24H33N3O3. The lowest BCUT2D eigenvalue weighted by Gasteiger charge is -2.36. The first-order valence-electron chi connectivity index (χ1n) is 11.5. The minimum Gasteiger partial charge on any atom is -0.342 e. The van der Waals surface area contributed by atoms with Gasteiger partial charge in [0.15, 0.2) is 0 Å². The van der Waals surface area contributed by atoms with E-state index in [2.05, 4.69) is 12.1 Å². The predicted molar refractivity (Wildman–Crippen MR) is 115 cm³/mol. The van der Waals surface area contributed by atoms with Gasteiger partial charge < -0.3 is 14.7 Å². The van der Waals surface area contributed by atoms with Gasteiger partial charge in [-0.15, -0.1) is 0 Å². The molecule has 162 valence electrons. The maximum absolute atomic E-state index is 13.1. The Morgan fingerprint density at radius 2 is 1.70 bits per heavy atom. The number of rotatable bonds is 4. The number of amides is 3. The Bertz CT molecular complexity index is 775. The van der Waals surface area contributed by atoms with Crippen LogP contribution in [0.1, 0.15) is 51.0 Å². The van der Waals surface area contributed by atoms with Gasteiger partial charge >= 0.3 is 0 Å². The summed E-state index contributed by atoms with van der Waals surface area (Å²) in [6.45, 7) is 4.73. The van der Waals surface area contributed by atoms with Gasteiger partial charge in [0.1, 0.15) is 6.04 Å². The van der Waals surface area contributed by atoms with Crippen molar-refractivity contribution < 1.29 is 14.4 Å². The molecule has 3 saturated heterocycles. The quantitative estimate of drug-likeness (QED) is 0.765. The fourth-order valence-corrected chi connectivity index (χ4v) is 5.30. The van der Waals surface area contributed by atoms with E-state index < -0.39 is 0 Å². The van der Waals surface area contributed by atoms with Crippen molar-refractivity contribution in [1.82, 2.24) is 14.7 Å². The van der Waals surface area contributed by atoms with E-state index in [-0.39, 0.29) is 35.7 Å². The SMILES string of the molecule is C[C@H](Cc1ccccc1)C(=O)N1CCC(=O)N2[C@H](CC[C@H]2C(=O)N2CCCC2)CC1. The van der Waals surface area contributed by atoms with Crippen molar-refractivity contribution >= 4 is 17.7 Å². The summed E-state index contributed by atoms with van der Waals surface area (Å²) in [5, 5.41) is 0. The molecule has 0 N–H and O–H groups in total. The van der Waals surface area contributed by atoms with E-state index >= 15 is 0 Å². The monoisotopic (exact) mass is 411 g/mol. The van der Waals surface area contributed by atoms with Gasteiger partial charge in [-0.2, -0.15) is 0 Å². The molecule has 3 aliphatic heterocycles. The van der Waals surface area contributed by atoms with Gasteiger partial charge in [0.2, 0.25) is 17.7 Å². The predicted octanol–water partition coefficient (Wildman–Crippen LogP) is 2.47. The summed E-state index contributed by atoms with van der Waals surface area (Å²) < 4.78 is 0. The Kier molecular flexibility index (Phi) is 6.40. The second-order valence-electron chi connectivity index (χ2n) is 9.04. The van der Waals surface area contributed by atoms with Crippen LogP contribution in [0.3, 0.4) is 0 Å². The number of likely N-dealkylation sites (tertiary alicyclic amines) is 1. The molecule has 30 heavy (non-hydrogen) atoms. The Hall–Kier alpha value is -2.37. The van der Waals surface area contributed by atoms with Crippen LogP contribution in [0.25, 0.3) is 0 Å². The molecule has 6 nitrogen and oxygen atoms in total. The highest BCUT2D eigenvalue weighted by atomic mass is 16.2. The van der Waals surface area contributed by atoms with Gasteiger partial charge in [0, 0.05) is 44.6 Å². The summed E-state index contributed by atoms with van der Waals surface area (Å²) >= 11 is 0. The number of carbonyl (C=O) groups is 3. The molecule has 0 aliphatic carbocycles. The first kappa shape index (κ1) is 20.9. The van der Waals surface area contributed by atoms with Crippen LogP contribution in [-0.2, 0) is 20.8 Å². The van der Waals surface area contributed by atoms with Crippen LogP contribution in [0.5, 0.6) is 0 Å². The fourth-order valence-electron chi connectivity index (χ4n) is 5.30. The average molecular weight is 412 g/mol. The number of carbonyl (C=O) groups excluding carboxylic acids is 3. The smallest absolute Gasteiger partial charge is 0.245 e. The average Bonchev–Trinajstić information content (AvgIpc) is 3.42. The van der Waals surface area contributed by atoms with Gasteiger partial charge in [-0.1, -0.05) is 37.3 Å². The fraction of sp³-hybridized carbons (Fsp3) is 0.625. The second-order valence-corrected chi connectivity index (χ2v) is 9.04. The van der Waals surface area contributed by atoms with Crippen molar-refractivity contribution in [2.45, 2.75) is 64.0 Å². The van der Waals surface area contributed by atoms with Crippen molar-refractivity contribution in [3.8, 4) is 0 Å². The standard InChI is InChI=1S/C24H33N3O3/c1-18(17-19-7-3-2-4-8-19)23(29)26-15-11-20-9-10-21(27(20)22(28)12-16-26)24(30)25-13-5-6-14-25/h2-4,7-8,18,20-21H,5-6,9-17H2,1H3/t18-,20-,21+/m1/s1. The van der Waals surface area contributed by atoms with Gasteiger partial charge in [0.05, 0.1) is 0 Å². The van der Waals surface area contributed by atoms with Crippen molar-refractivity contribution in [2.24, 2.45) is 5.92 Å². The molecule has 3 atom stereocenters. The molecule has 0 bridgehead atoms. The Balaban J connectivity index is 1.38. The summed E-state index contributed by atoms with van der Waals surface area (Å²) in [7, 11) is 0. The highest BCUT2D eigenvalue weighted by molar-refractivity contribution is 5.89. The third-order valence-electron chi connectivity index (χ3n) is 6.94. The number of hydrogen-bond acceptors (Lipinski definition) is 3. The molecule has 4 rings (SSSR count). The van der Waals surface area contributed by atoms with Crippen LogP contribution in [0.15, 0.2) is 30.3 Å². The summed E-state index contributed by atoms with van der Waals surface area (Å²) in [5.74, 6) is 0.186. The number of nitrogens with zero attached hydrogens (tertiary/aromatic N) is 3. The minimum absolute atomic E-state index is 0.0308. The van der Waals surface area contributed by atoms with Crippen LogP contribution >= 0.6 is 0 Å². The van der Waals surface area contributed by atoms with Crippen molar-refractivity contribution in [3.63, 3.8) is 0 Å². The Morgan fingerprint density at radius 1 is 0.967 bits per heavy atom. The lowest BCUT2D eigenvalue weighted by atomic mass is 9.99. The maximum atomic E-state index is 13.1. The topological polar surface area (TPSA) is 60.9 Å². The minimum atomic E-state index is -0.292. The van der Waals surface area contributed by atoms with Gasteiger partial charge in [-0.3, -0.25) is 14.4 Å². The van der Waals surface area contributed by atoms with E-state index in [1.807, 2.05) is 39.8 Å². The summed E-state index contributed by atoms with van der Waals surface area (Å²) in [6, 6.07) is 9.86. The molecule has 3 amide bonds. The number of fused-ring (bicyclic) bond motifs is 1. The molecular weight excluding hydrogens is 378 g/mol. The van der Waals surface area contributed by atoms with Crippen molar-refractivity contribution in [3.05, 3.63) is 35.9 Å². The van der Waals surface area contributed by atoms with E-state index in [0.29, 0.717) is 25.9 Å². The first-order valence-corrected chi connectivity index (χ1v) is 11.5. The molecule has 0 aromatic heterocycles. The van der Waals surface area contributed by atoms with Gasteiger partial charge in [0.25, 0.3) is 0 Å². The van der Waals surface area contributed by atoms with E-state index in [4.69, 9.17) is 0 Å². The highest BCUT2D eigenvalue weighted by Crippen LogP contribution is 2.31. The van der Waals surface area contributed by atoms with Crippen molar-refractivity contribution in [2.75, 3.05) is 26.2 Å². The van der Waals surface area contributed by atoms with Crippen LogP contribution < -0.4 is 0 Å². The molecule has 0 spiro atoms. The second kappa shape index (κ2) is 9.19. The van der Waals surface area contributed by atoms with Gasteiger partial charge in [-0.25, -0.2) is 0 Å². The van der Waals surface area contributed by atoms with Crippen molar-refractivity contribution in [1.29, 1.82) is 0 Å². The van der Waals surface area contributed by atoms with Crippen LogP contribution in [0.4, 0.5) is 0 Å². The Labute approximate surface area is 179 Å².